The summed E-state index contributed by atoms with van der Waals surface area (Å²) in [7, 11) is 0. The van der Waals surface area contributed by atoms with Gasteiger partial charge in [0.1, 0.15) is 0 Å². The molecule has 0 aliphatic heterocycles. The highest BCUT2D eigenvalue weighted by molar-refractivity contribution is 5.71. The Morgan fingerprint density at radius 1 is 1.43 bits per heavy atom. The molecule has 14 heavy (non-hydrogen) atoms. The van der Waals surface area contributed by atoms with Gasteiger partial charge in [-0.15, -0.1) is 0 Å². The molecule has 0 spiro atoms. The molecular weight excluding hydrogens is 178 g/mol. The number of primary amides is 1. The van der Waals surface area contributed by atoms with Crippen LogP contribution in [0.5, 0.6) is 0 Å². The second-order valence-electron chi connectivity index (χ2n) is 4.03. The number of urea groups is 1. The monoisotopic (exact) mass is 199 g/mol. The molecule has 2 atom stereocenters. The fourth-order valence-electron chi connectivity index (χ4n) is 2.09. The zero-order valence-electron chi connectivity index (χ0n) is 8.88. The summed E-state index contributed by atoms with van der Waals surface area (Å²) in [5.41, 5.74) is 4.95. The van der Waals surface area contributed by atoms with Gasteiger partial charge in [-0.05, 0) is 25.2 Å². The molecule has 0 saturated heterocycles. The van der Waals surface area contributed by atoms with Crippen LogP contribution in [0.25, 0.3) is 0 Å². The van der Waals surface area contributed by atoms with Crippen LogP contribution in [0, 0.1) is 5.92 Å². The summed E-state index contributed by atoms with van der Waals surface area (Å²) in [6, 6.07) is 0.208. The summed E-state index contributed by atoms with van der Waals surface area (Å²) < 4.78 is 0. The lowest BCUT2D eigenvalue weighted by molar-refractivity contribution is 0.248. The molecule has 0 radical (unpaired) electrons. The molecule has 4 heteroatoms. The predicted molar refractivity (Wildman–Crippen MR) is 57.0 cm³/mol. The Labute approximate surface area is 85.6 Å². The van der Waals surface area contributed by atoms with E-state index in [1.165, 1.54) is 25.7 Å². The first-order chi connectivity index (χ1) is 6.72. The molecule has 0 aromatic rings. The molecule has 1 fully saturated rings. The maximum atomic E-state index is 10.4. The first kappa shape index (κ1) is 11.3. The number of carbonyl (C=O) groups is 1. The van der Waals surface area contributed by atoms with Crippen molar-refractivity contribution in [2.75, 3.05) is 13.1 Å². The van der Waals surface area contributed by atoms with Gasteiger partial charge in [-0.1, -0.05) is 13.3 Å². The first-order valence-corrected chi connectivity index (χ1v) is 5.49. The number of hydrogen-bond acceptors (Lipinski definition) is 2. The Bertz CT molecular complexity index is 184. The molecule has 2 amide bonds. The molecule has 4 nitrogen and oxygen atoms in total. The van der Waals surface area contributed by atoms with Gasteiger partial charge in [-0.2, -0.15) is 0 Å². The van der Waals surface area contributed by atoms with E-state index in [1.807, 2.05) is 0 Å². The Kier molecular flexibility index (Phi) is 4.73. The fourth-order valence-corrected chi connectivity index (χ4v) is 2.09. The zero-order chi connectivity index (χ0) is 10.4. The zero-order valence-corrected chi connectivity index (χ0v) is 8.88. The van der Waals surface area contributed by atoms with Gasteiger partial charge in [0.05, 0.1) is 0 Å². The lowest BCUT2D eigenvalue weighted by Crippen LogP contribution is -2.38. The summed E-state index contributed by atoms with van der Waals surface area (Å²) in [5, 5.41) is 6.00. The minimum absolute atomic E-state index is 0.440. The van der Waals surface area contributed by atoms with Crippen LogP contribution in [-0.2, 0) is 0 Å². The van der Waals surface area contributed by atoms with Gasteiger partial charge in [-0.3, -0.25) is 0 Å². The van der Waals surface area contributed by atoms with Crippen LogP contribution in [0.15, 0.2) is 0 Å². The second-order valence-corrected chi connectivity index (χ2v) is 4.03. The van der Waals surface area contributed by atoms with Crippen molar-refractivity contribution in [2.45, 2.75) is 38.6 Å². The average molecular weight is 199 g/mol. The highest BCUT2D eigenvalue weighted by atomic mass is 16.2. The minimum atomic E-state index is -0.440. The highest BCUT2D eigenvalue weighted by Crippen LogP contribution is 2.27. The fraction of sp³-hybridized carbons (Fsp3) is 0.900. The second kappa shape index (κ2) is 5.86. The molecule has 1 aliphatic rings. The minimum Gasteiger partial charge on any atom is -0.352 e. The van der Waals surface area contributed by atoms with Gasteiger partial charge >= 0.3 is 6.03 Å². The van der Waals surface area contributed by atoms with Crippen molar-refractivity contribution < 1.29 is 4.79 Å². The summed E-state index contributed by atoms with van der Waals surface area (Å²) in [5.74, 6) is 0.900. The Hall–Kier alpha value is -0.770. The van der Waals surface area contributed by atoms with E-state index < -0.39 is 6.03 Å². The van der Waals surface area contributed by atoms with E-state index in [2.05, 4.69) is 17.6 Å². The van der Waals surface area contributed by atoms with Crippen molar-refractivity contribution in [1.82, 2.24) is 10.6 Å². The topological polar surface area (TPSA) is 67.2 Å². The van der Waals surface area contributed by atoms with E-state index in [4.69, 9.17) is 5.73 Å². The maximum Gasteiger partial charge on any atom is 0.312 e. The molecule has 1 aliphatic carbocycles. The van der Waals surface area contributed by atoms with Gasteiger partial charge in [-0.25, -0.2) is 4.79 Å². The maximum absolute atomic E-state index is 10.4. The van der Waals surface area contributed by atoms with Crippen LogP contribution in [0.4, 0.5) is 4.79 Å². The van der Waals surface area contributed by atoms with Crippen LogP contribution in [0.3, 0.4) is 0 Å². The third-order valence-electron chi connectivity index (χ3n) is 2.98. The summed E-state index contributed by atoms with van der Waals surface area (Å²) in [4.78, 5) is 10.4. The SMILES string of the molecule is CCC1CCC(NCCNC(N)=O)C1. The molecule has 1 rings (SSSR count). The molecule has 0 aromatic carbocycles. The van der Waals surface area contributed by atoms with Crippen LogP contribution in [0.2, 0.25) is 0 Å². The Balaban J connectivity index is 2.00. The number of amides is 2. The van der Waals surface area contributed by atoms with E-state index in [0.717, 1.165) is 12.5 Å². The van der Waals surface area contributed by atoms with Gasteiger partial charge in [0.15, 0.2) is 0 Å². The summed E-state index contributed by atoms with van der Waals surface area (Å²) >= 11 is 0. The number of nitrogens with two attached hydrogens (primary N) is 1. The molecule has 0 bridgehead atoms. The third kappa shape index (κ3) is 3.96. The van der Waals surface area contributed by atoms with Crippen molar-refractivity contribution in [3.8, 4) is 0 Å². The van der Waals surface area contributed by atoms with Crippen molar-refractivity contribution in [3.63, 3.8) is 0 Å². The highest BCUT2D eigenvalue weighted by Gasteiger charge is 2.22. The molecule has 82 valence electrons. The third-order valence-corrected chi connectivity index (χ3v) is 2.98. The van der Waals surface area contributed by atoms with Crippen LogP contribution < -0.4 is 16.4 Å². The van der Waals surface area contributed by atoms with E-state index in [0.29, 0.717) is 12.6 Å². The van der Waals surface area contributed by atoms with Crippen molar-refractivity contribution in [1.29, 1.82) is 0 Å². The number of hydrogen-bond donors (Lipinski definition) is 3. The molecule has 1 saturated carbocycles. The molecule has 0 heterocycles. The lowest BCUT2D eigenvalue weighted by atomic mass is 10.1. The first-order valence-electron chi connectivity index (χ1n) is 5.49. The van der Waals surface area contributed by atoms with Gasteiger partial charge in [0, 0.05) is 19.1 Å². The van der Waals surface area contributed by atoms with Gasteiger partial charge < -0.3 is 16.4 Å². The van der Waals surface area contributed by atoms with Crippen molar-refractivity contribution in [2.24, 2.45) is 11.7 Å². The van der Waals surface area contributed by atoms with E-state index in [-0.39, 0.29) is 0 Å². The van der Waals surface area contributed by atoms with Crippen molar-refractivity contribution in [3.05, 3.63) is 0 Å². The van der Waals surface area contributed by atoms with E-state index in [1.54, 1.807) is 0 Å². The molecular formula is C10H21N3O. The molecule has 2 unspecified atom stereocenters. The molecule has 0 aromatic heterocycles. The smallest absolute Gasteiger partial charge is 0.312 e. The van der Waals surface area contributed by atoms with Crippen molar-refractivity contribution >= 4 is 6.03 Å². The number of nitrogens with one attached hydrogen (secondary N) is 2. The standard InChI is InChI=1S/C10H21N3O/c1-2-8-3-4-9(7-8)12-5-6-13-10(11)14/h8-9,12H,2-7H2,1H3,(H3,11,13,14). The van der Waals surface area contributed by atoms with Gasteiger partial charge in [0.2, 0.25) is 0 Å². The number of carbonyl (C=O) groups excluding carboxylic acids is 1. The Morgan fingerprint density at radius 3 is 2.79 bits per heavy atom. The number of rotatable bonds is 5. The largest absolute Gasteiger partial charge is 0.352 e. The van der Waals surface area contributed by atoms with Crippen LogP contribution in [0.1, 0.15) is 32.6 Å². The van der Waals surface area contributed by atoms with E-state index in [9.17, 15) is 4.79 Å². The van der Waals surface area contributed by atoms with Crippen LogP contribution >= 0.6 is 0 Å². The summed E-state index contributed by atoms with van der Waals surface area (Å²) in [6.45, 7) is 3.70. The average Bonchev–Trinajstić information content (AvgIpc) is 2.60. The lowest BCUT2D eigenvalue weighted by Gasteiger charge is -2.12. The summed E-state index contributed by atoms with van der Waals surface area (Å²) in [6.07, 6.45) is 5.19. The quantitative estimate of drug-likeness (QED) is 0.574. The molecule has 4 N–H and O–H groups in total. The van der Waals surface area contributed by atoms with Crippen LogP contribution in [-0.4, -0.2) is 25.2 Å². The Morgan fingerprint density at radius 2 is 2.21 bits per heavy atom. The normalized spacial score (nSPS) is 26.4. The van der Waals surface area contributed by atoms with E-state index >= 15 is 0 Å². The predicted octanol–water partition coefficient (Wildman–Crippen LogP) is 0.823. The van der Waals surface area contributed by atoms with Gasteiger partial charge in [0.25, 0.3) is 0 Å².